The Morgan fingerprint density at radius 2 is 1.37 bits per heavy atom. The number of benzene rings is 3. The van der Waals surface area contributed by atoms with Gasteiger partial charge in [0.15, 0.2) is 0 Å². The molecule has 0 N–H and O–H groups in total. The van der Waals surface area contributed by atoms with E-state index in [1.54, 1.807) is 12.1 Å². The van der Waals surface area contributed by atoms with Crippen LogP contribution in [0.5, 0.6) is 0 Å². The maximum absolute atomic E-state index is 14.5. The summed E-state index contributed by atoms with van der Waals surface area (Å²) < 4.78 is 28.9. The predicted octanol–water partition coefficient (Wildman–Crippen LogP) is 5.91. The molecule has 0 aliphatic rings. The van der Waals surface area contributed by atoms with E-state index in [1.807, 2.05) is 50.2 Å². The van der Waals surface area contributed by atoms with Crippen molar-refractivity contribution in [2.75, 3.05) is 0 Å². The zero-order chi connectivity index (χ0) is 19.2. The average molecular weight is 356 g/mol. The lowest BCUT2D eigenvalue weighted by molar-refractivity contribution is 0.589. The summed E-state index contributed by atoms with van der Waals surface area (Å²) in [7, 11) is 0. The van der Waals surface area contributed by atoms with Gasteiger partial charge >= 0.3 is 0 Å². The number of halogens is 2. The fourth-order valence-corrected chi connectivity index (χ4v) is 2.68. The van der Waals surface area contributed by atoms with Gasteiger partial charge in [-0.15, -0.1) is 5.92 Å². The van der Waals surface area contributed by atoms with Gasteiger partial charge in [0, 0.05) is 17.5 Å². The average Bonchev–Trinajstić information content (AvgIpc) is 2.66. The highest BCUT2D eigenvalue weighted by Gasteiger charge is 2.12. The van der Waals surface area contributed by atoms with Crippen LogP contribution in [0.3, 0.4) is 0 Å². The van der Waals surface area contributed by atoms with Crippen molar-refractivity contribution in [1.82, 2.24) is 0 Å². The Balaban J connectivity index is 1.85. The van der Waals surface area contributed by atoms with Crippen LogP contribution in [-0.2, 0) is 6.42 Å². The molecule has 0 amide bonds. The quantitative estimate of drug-likeness (QED) is 0.501. The second-order valence-electron chi connectivity index (χ2n) is 6.23. The molecule has 0 heterocycles. The van der Waals surface area contributed by atoms with Crippen molar-refractivity contribution >= 4 is 0 Å². The van der Waals surface area contributed by atoms with Crippen LogP contribution in [0, 0.1) is 42.2 Å². The van der Waals surface area contributed by atoms with E-state index in [0.717, 1.165) is 16.7 Å². The predicted molar refractivity (Wildman–Crippen MR) is 106 cm³/mol. The smallest absolute Gasteiger partial charge is 0.135 e. The van der Waals surface area contributed by atoms with Crippen molar-refractivity contribution in [3.05, 3.63) is 94.6 Å². The van der Waals surface area contributed by atoms with Gasteiger partial charge in [-0.25, -0.2) is 8.78 Å². The van der Waals surface area contributed by atoms with E-state index in [2.05, 4.69) is 23.7 Å². The normalized spacial score (nSPS) is 9.78. The van der Waals surface area contributed by atoms with E-state index in [0.29, 0.717) is 17.5 Å². The minimum Gasteiger partial charge on any atom is -0.206 e. The third kappa shape index (κ3) is 4.63. The molecule has 0 radical (unpaired) electrons. The number of hydrogen-bond donors (Lipinski definition) is 0. The SMILES string of the molecule is CC#CCc1ccc(C#Cc2cc(F)c(-c3ccc(C)cc3)c(F)c2)cc1. The molecule has 3 aromatic carbocycles. The van der Waals surface area contributed by atoms with Gasteiger partial charge in [0.2, 0.25) is 0 Å². The summed E-state index contributed by atoms with van der Waals surface area (Å²) in [6.07, 6.45) is 0.696. The molecule has 0 spiro atoms. The van der Waals surface area contributed by atoms with Gasteiger partial charge in [-0.2, -0.15) is 0 Å². The fraction of sp³-hybridized carbons (Fsp3) is 0.120. The summed E-state index contributed by atoms with van der Waals surface area (Å²) in [5.41, 5.74) is 3.72. The molecule has 3 aromatic rings. The first-order valence-corrected chi connectivity index (χ1v) is 8.63. The first kappa shape index (κ1) is 18.4. The largest absolute Gasteiger partial charge is 0.206 e. The molecule has 0 fully saturated rings. The van der Waals surface area contributed by atoms with Crippen LogP contribution in [0.1, 0.15) is 29.2 Å². The minimum absolute atomic E-state index is 0.0260. The van der Waals surface area contributed by atoms with Crippen LogP contribution >= 0.6 is 0 Å². The van der Waals surface area contributed by atoms with Crippen molar-refractivity contribution < 1.29 is 8.78 Å². The first-order valence-electron chi connectivity index (χ1n) is 8.63. The van der Waals surface area contributed by atoms with Crippen molar-refractivity contribution in [1.29, 1.82) is 0 Å². The fourth-order valence-electron chi connectivity index (χ4n) is 2.68. The molecule has 0 aliphatic carbocycles. The van der Waals surface area contributed by atoms with E-state index in [4.69, 9.17) is 0 Å². The zero-order valence-corrected chi connectivity index (χ0v) is 15.2. The highest BCUT2D eigenvalue weighted by atomic mass is 19.1. The molecule has 0 saturated carbocycles. The standard InChI is InChI=1S/C25H18F2/c1-3-4-5-19-8-10-20(11-9-19)12-13-21-16-23(26)25(24(27)17-21)22-14-6-18(2)7-15-22/h6-11,14-17H,5H2,1-2H3. The highest BCUT2D eigenvalue weighted by molar-refractivity contribution is 5.66. The van der Waals surface area contributed by atoms with E-state index in [-0.39, 0.29) is 5.56 Å². The molecule has 0 aliphatic heterocycles. The summed E-state index contributed by atoms with van der Waals surface area (Å²) in [6, 6.07) is 17.3. The molecular formula is C25H18F2. The lowest BCUT2D eigenvalue weighted by Gasteiger charge is -2.06. The Bertz CT molecular complexity index is 1040. The van der Waals surface area contributed by atoms with Crippen LogP contribution in [0.2, 0.25) is 0 Å². The third-order valence-corrected chi connectivity index (χ3v) is 4.16. The Morgan fingerprint density at radius 3 is 1.96 bits per heavy atom. The van der Waals surface area contributed by atoms with E-state index >= 15 is 0 Å². The minimum atomic E-state index is -0.614. The lowest BCUT2D eigenvalue weighted by Crippen LogP contribution is -1.92. The molecule has 0 bridgehead atoms. The summed E-state index contributed by atoms with van der Waals surface area (Å²) in [4.78, 5) is 0. The Hall–Kier alpha value is -3.36. The molecule has 0 nitrogen and oxygen atoms in total. The van der Waals surface area contributed by atoms with Gasteiger partial charge in [0.1, 0.15) is 11.6 Å². The van der Waals surface area contributed by atoms with Gasteiger partial charge in [0.05, 0.1) is 5.56 Å². The highest BCUT2D eigenvalue weighted by Crippen LogP contribution is 2.27. The summed E-state index contributed by atoms with van der Waals surface area (Å²) in [6.45, 7) is 3.74. The van der Waals surface area contributed by atoms with Crippen LogP contribution in [0.15, 0.2) is 60.7 Å². The second kappa shape index (κ2) is 8.35. The van der Waals surface area contributed by atoms with Gasteiger partial charge < -0.3 is 0 Å². The molecule has 0 aromatic heterocycles. The number of hydrogen-bond acceptors (Lipinski definition) is 0. The van der Waals surface area contributed by atoms with Crippen molar-refractivity contribution in [2.24, 2.45) is 0 Å². The Kier molecular flexibility index (Phi) is 5.70. The molecule has 0 saturated heterocycles. The van der Waals surface area contributed by atoms with Crippen molar-refractivity contribution in [3.8, 4) is 34.8 Å². The monoisotopic (exact) mass is 356 g/mol. The van der Waals surface area contributed by atoms with Crippen molar-refractivity contribution in [3.63, 3.8) is 0 Å². The summed E-state index contributed by atoms with van der Waals surface area (Å²) >= 11 is 0. The molecule has 2 heteroatoms. The molecule has 3 rings (SSSR count). The number of rotatable bonds is 2. The zero-order valence-electron chi connectivity index (χ0n) is 15.2. The Morgan fingerprint density at radius 1 is 0.778 bits per heavy atom. The van der Waals surface area contributed by atoms with E-state index < -0.39 is 11.6 Å². The van der Waals surface area contributed by atoms with Gasteiger partial charge in [-0.05, 0) is 49.2 Å². The molecule has 0 unspecified atom stereocenters. The van der Waals surface area contributed by atoms with Gasteiger partial charge in [0.25, 0.3) is 0 Å². The van der Waals surface area contributed by atoms with Crippen molar-refractivity contribution in [2.45, 2.75) is 20.3 Å². The lowest BCUT2D eigenvalue weighted by atomic mass is 10.0. The summed E-state index contributed by atoms with van der Waals surface area (Å²) in [5.74, 6) is 10.4. The third-order valence-electron chi connectivity index (χ3n) is 4.16. The topological polar surface area (TPSA) is 0 Å². The van der Waals surface area contributed by atoms with Gasteiger partial charge in [-0.3, -0.25) is 0 Å². The second-order valence-corrected chi connectivity index (χ2v) is 6.23. The summed E-state index contributed by atoms with van der Waals surface area (Å²) in [5, 5.41) is 0. The van der Waals surface area contributed by atoms with Crippen LogP contribution in [0.4, 0.5) is 8.78 Å². The number of aryl methyl sites for hydroxylation is 1. The van der Waals surface area contributed by atoms with Gasteiger partial charge in [-0.1, -0.05) is 59.7 Å². The van der Waals surface area contributed by atoms with Crippen LogP contribution in [0.25, 0.3) is 11.1 Å². The van der Waals surface area contributed by atoms with E-state index in [1.165, 1.54) is 12.1 Å². The molecule has 0 atom stereocenters. The molecule has 27 heavy (non-hydrogen) atoms. The van der Waals surface area contributed by atoms with Crippen LogP contribution < -0.4 is 0 Å². The molecule has 132 valence electrons. The molecular weight excluding hydrogens is 338 g/mol. The maximum atomic E-state index is 14.5. The maximum Gasteiger partial charge on any atom is 0.135 e. The Labute approximate surface area is 158 Å². The first-order chi connectivity index (χ1) is 13.1. The van der Waals surface area contributed by atoms with Crippen LogP contribution in [-0.4, -0.2) is 0 Å². The van der Waals surface area contributed by atoms with E-state index in [9.17, 15) is 8.78 Å².